The Morgan fingerprint density at radius 3 is 2.39 bits per heavy atom. The summed E-state index contributed by atoms with van der Waals surface area (Å²) in [7, 11) is 0. The highest BCUT2D eigenvalue weighted by atomic mass is 79.9. The van der Waals surface area contributed by atoms with Gasteiger partial charge in [-0.25, -0.2) is 0 Å². The van der Waals surface area contributed by atoms with Crippen LogP contribution in [0.2, 0.25) is 0 Å². The molecule has 18 heavy (non-hydrogen) atoms. The number of ether oxygens (including phenoxy) is 1. The lowest BCUT2D eigenvalue weighted by molar-refractivity contribution is -0.113. The van der Waals surface area contributed by atoms with Crippen molar-refractivity contribution in [3.63, 3.8) is 0 Å². The largest absolute Gasteiger partial charge is 0.434 e. The first-order chi connectivity index (χ1) is 8.32. The number of hydrogen-bond donors (Lipinski definition) is 0. The molecule has 0 saturated carbocycles. The second kappa shape index (κ2) is 6.48. The van der Waals surface area contributed by atoms with Gasteiger partial charge in [0.05, 0.1) is 10.4 Å². The first-order valence-electron chi connectivity index (χ1n) is 5.26. The summed E-state index contributed by atoms with van der Waals surface area (Å²) in [6, 6.07) is 4.52. The standard InChI is InChI=1S/C12H12BrClF2O2/c1-6(2)10(11(14)17)7-3-4-9(8(13)5-7)18-12(15)16/h3-6,10,12H,1-2H3. The Morgan fingerprint density at radius 2 is 2.00 bits per heavy atom. The Hall–Kier alpha value is -0.680. The molecule has 0 fully saturated rings. The summed E-state index contributed by atoms with van der Waals surface area (Å²) in [5, 5.41) is -0.473. The summed E-state index contributed by atoms with van der Waals surface area (Å²) in [6.45, 7) is 0.841. The fourth-order valence-corrected chi connectivity index (χ4v) is 2.55. The third-order valence-electron chi connectivity index (χ3n) is 2.44. The number of rotatable bonds is 5. The highest BCUT2D eigenvalue weighted by Gasteiger charge is 2.23. The van der Waals surface area contributed by atoms with Gasteiger partial charge in [-0.3, -0.25) is 4.79 Å². The van der Waals surface area contributed by atoms with Crippen LogP contribution in [0, 0.1) is 5.92 Å². The molecule has 1 unspecified atom stereocenters. The Kier molecular flexibility index (Phi) is 5.53. The Labute approximate surface area is 117 Å². The quantitative estimate of drug-likeness (QED) is 0.734. The molecule has 0 spiro atoms. The van der Waals surface area contributed by atoms with E-state index < -0.39 is 17.8 Å². The van der Waals surface area contributed by atoms with Gasteiger partial charge in [0, 0.05) is 0 Å². The van der Waals surface area contributed by atoms with Crippen molar-refractivity contribution in [3.05, 3.63) is 28.2 Å². The normalized spacial score (nSPS) is 12.9. The maximum Gasteiger partial charge on any atom is 0.387 e. The third-order valence-corrected chi connectivity index (χ3v) is 3.30. The molecule has 0 amide bonds. The Bertz CT molecular complexity index is 438. The SMILES string of the molecule is CC(C)C(C(=O)Cl)c1ccc(OC(F)F)c(Br)c1. The van der Waals surface area contributed by atoms with Crippen LogP contribution < -0.4 is 4.74 Å². The van der Waals surface area contributed by atoms with Gasteiger partial charge in [-0.15, -0.1) is 0 Å². The van der Waals surface area contributed by atoms with Crippen molar-refractivity contribution in [1.29, 1.82) is 0 Å². The predicted molar refractivity (Wildman–Crippen MR) is 69.2 cm³/mol. The van der Waals surface area contributed by atoms with Gasteiger partial charge < -0.3 is 4.74 Å². The Balaban J connectivity index is 3.05. The summed E-state index contributed by atoms with van der Waals surface area (Å²) in [5.74, 6) is -0.425. The van der Waals surface area contributed by atoms with E-state index in [4.69, 9.17) is 11.6 Å². The van der Waals surface area contributed by atoms with Crippen molar-refractivity contribution in [2.45, 2.75) is 26.4 Å². The molecule has 0 aliphatic rings. The molecule has 0 saturated heterocycles. The molecule has 0 bridgehead atoms. The van der Waals surface area contributed by atoms with Gasteiger partial charge >= 0.3 is 6.61 Å². The molecular formula is C12H12BrClF2O2. The minimum atomic E-state index is -2.89. The molecule has 0 aliphatic heterocycles. The highest BCUT2D eigenvalue weighted by molar-refractivity contribution is 9.10. The van der Waals surface area contributed by atoms with Crippen molar-refractivity contribution < 1.29 is 18.3 Å². The summed E-state index contributed by atoms with van der Waals surface area (Å²) in [6.07, 6.45) is 0. The van der Waals surface area contributed by atoms with Gasteiger partial charge in [-0.1, -0.05) is 19.9 Å². The highest BCUT2D eigenvalue weighted by Crippen LogP contribution is 2.33. The molecule has 1 aromatic rings. The van der Waals surface area contributed by atoms with Gasteiger partial charge in [0.15, 0.2) is 0 Å². The van der Waals surface area contributed by atoms with E-state index >= 15 is 0 Å². The molecule has 100 valence electrons. The second-order valence-electron chi connectivity index (χ2n) is 4.09. The maximum absolute atomic E-state index is 12.1. The van der Waals surface area contributed by atoms with Gasteiger partial charge in [0.2, 0.25) is 5.24 Å². The van der Waals surface area contributed by atoms with Crippen LogP contribution in [0.4, 0.5) is 8.78 Å². The van der Waals surface area contributed by atoms with Crippen molar-refractivity contribution in [1.82, 2.24) is 0 Å². The average molecular weight is 342 g/mol. The third kappa shape index (κ3) is 3.92. The Morgan fingerprint density at radius 1 is 1.39 bits per heavy atom. The van der Waals surface area contributed by atoms with Gasteiger partial charge in [-0.05, 0) is 51.1 Å². The van der Waals surface area contributed by atoms with E-state index in [9.17, 15) is 13.6 Å². The second-order valence-corrected chi connectivity index (χ2v) is 5.32. The molecule has 0 heterocycles. The topological polar surface area (TPSA) is 26.3 Å². The number of halogens is 4. The summed E-state index contributed by atoms with van der Waals surface area (Å²) < 4.78 is 28.9. The van der Waals surface area contributed by atoms with Gasteiger partial charge in [-0.2, -0.15) is 8.78 Å². The van der Waals surface area contributed by atoms with Crippen molar-refractivity contribution >= 4 is 32.8 Å². The van der Waals surface area contributed by atoms with Crippen molar-refractivity contribution in [3.8, 4) is 5.75 Å². The van der Waals surface area contributed by atoms with E-state index in [0.717, 1.165) is 0 Å². The van der Waals surface area contributed by atoms with Crippen LogP contribution >= 0.6 is 27.5 Å². The van der Waals surface area contributed by atoms with Crippen LogP contribution in [0.3, 0.4) is 0 Å². The number of benzene rings is 1. The van der Waals surface area contributed by atoms with E-state index in [-0.39, 0.29) is 11.7 Å². The van der Waals surface area contributed by atoms with Gasteiger partial charge in [0.1, 0.15) is 5.75 Å². The fourth-order valence-electron chi connectivity index (χ4n) is 1.68. The molecule has 0 N–H and O–H groups in total. The van der Waals surface area contributed by atoms with Crippen LogP contribution in [-0.4, -0.2) is 11.9 Å². The molecule has 1 rings (SSSR count). The zero-order valence-corrected chi connectivity index (χ0v) is 12.1. The van der Waals surface area contributed by atoms with Crippen molar-refractivity contribution in [2.24, 2.45) is 5.92 Å². The number of alkyl halides is 2. The maximum atomic E-state index is 12.1. The lowest BCUT2D eigenvalue weighted by Gasteiger charge is -2.18. The smallest absolute Gasteiger partial charge is 0.387 e. The lowest BCUT2D eigenvalue weighted by Crippen LogP contribution is -2.13. The van der Waals surface area contributed by atoms with Crippen LogP contribution in [0.1, 0.15) is 25.3 Å². The fraction of sp³-hybridized carbons (Fsp3) is 0.417. The van der Waals surface area contributed by atoms with E-state index in [0.29, 0.717) is 10.0 Å². The van der Waals surface area contributed by atoms with E-state index in [1.54, 1.807) is 12.1 Å². The molecule has 1 aromatic carbocycles. The number of carbonyl (C=O) groups excluding carboxylic acids is 1. The molecule has 2 nitrogen and oxygen atoms in total. The first kappa shape index (κ1) is 15.4. The molecular weight excluding hydrogens is 329 g/mol. The monoisotopic (exact) mass is 340 g/mol. The van der Waals surface area contributed by atoms with Crippen LogP contribution in [0.5, 0.6) is 5.75 Å². The minimum absolute atomic E-state index is 0.0174. The molecule has 0 radical (unpaired) electrons. The van der Waals surface area contributed by atoms with E-state index in [1.165, 1.54) is 6.07 Å². The van der Waals surface area contributed by atoms with Crippen LogP contribution in [0.15, 0.2) is 22.7 Å². The van der Waals surface area contributed by atoms with E-state index in [1.807, 2.05) is 13.8 Å². The lowest BCUT2D eigenvalue weighted by atomic mass is 9.89. The zero-order valence-electron chi connectivity index (χ0n) is 9.79. The summed E-state index contributed by atoms with van der Waals surface area (Å²) in [4.78, 5) is 11.4. The summed E-state index contributed by atoms with van der Waals surface area (Å²) >= 11 is 8.67. The average Bonchev–Trinajstić information content (AvgIpc) is 2.20. The van der Waals surface area contributed by atoms with Crippen molar-refractivity contribution in [2.75, 3.05) is 0 Å². The van der Waals surface area contributed by atoms with Crippen LogP contribution in [-0.2, 0) is 4.79 Å². The zero-order chi connectivity index (χ0) is 13.9. The summed E-state index contributed by atoms with van der Waals surface area (Å²) in [5.41, 5.74) is 0.665. The van der Waals surface area contributed by atoms with Crippen LogP contribution in [0.25, 0.3) is 0 Å². The molecule has 1 atom stereocenters. The molecule has 0 aliphatic carbocycles. The molecule has 6 heteroatoms. The first-order valence-corrected chi connectivity index (χ1v) is 6.43. The minimum Gasteiger partial charge on any atom is -0.434 e. The molecule has 0 aromatic heterocycles. The van der Waals surface area contributed by atoms with E-state index in [2.05, 4.69) is 20.7 Å². The number of carbonyl (C=O) groups is 1. The van der Waals surface area contributed by atoms with Gasteiger partial charge in [0.25, 0.3) is 0 Å². The number of hydrogen-bond acceptors (Lipinski definition) is 2. The predicted octanol–water partition coefficient (Wildman–Crippen LogP) is 4.56.